The van der Waals surface area contributed by atoms with E-state index in [1.807, 2.05) is 0 Å². The predicted molar refractivity (Wildman–Crippen MR) is 49.0 cm³/mol. The van der Waals surface area contributed by atoms with Crippen LogP contribution >= 0.6 is 0 Å². The Hall–Kier alpha value is -1.56. The number of nitrogens with one attached hydrogen (secondary N) is 1. The molecule has 0 aliphatic heterocycles. The molecule has 0 saturated heterocycles. The Balaban J connectivity index is 2.65. The molecule has 0 aliphatic rings. The van der Waals surface area contributed by atoms with Crippen LogP contribution in [0.2, 0.25) is 0 Å². The molecule has 3 N–H and O–H groups in total. The highest BCUT2D eigenvalue weighted by Crippen LogP contribution is 2.29. The lowest BCUT2D eigenvalue weighted by atomic mass is 10.2. The van der Waals surface area contributed by atoms with Crippen molar-refractivity contribution >= 4 is 11.0 Å². The van der Waals surface area contributed by atoms with Gasteiger partial charge < -0.3 is 10.7 Å². The topological polar surface area (TPSA) is 54.7 Å². The smallest absolute Gasteiger partial charge is 0.334 e. The number of halogens is 3. The van der Waals surface area contributed by atoms with Crippen molar-refractivity contribution in [2.45, 2.75) is 12.7 Å². The zero-order valence-corrected chi connectivity index (χ0v) is 7.60. The number of nitrogens with two attached hydrogens (primary N) is 1. The van der Waals surface area contributed by atoms with Crippen LogP contribution in [0.3, 0.4) is 0 Å². The van der Waals surface area contributed by atoms with Gasteiger partial charge in [-0.1, -0.05) is 12.1 Å². The second kappa shape index (κ2) is 3.23. The normalized spacial score (nSPS) is 12.3. The predicted octanol–water partition coefficient (Wildman–Crippen LogP) is 2.04. The number of imidazole rings is 1. The van der Waals surface area contributed by atoms with Crippen LogP contribution < -0.4 is 5.73 Å². The standard InChI is InChI=1S/C9H8F3N3/c10-9(11,12)8-14-6-3-1-2-5(4-13)7(6)15-8/h1-3H,4,13H2,(H,14,15). The molecule has 1 aromatic carbocycles. The minimum atomic E-state index is -4.45. The molecule has 0 bridgehead atoms. The molecule has 15 heavy (non-hydrogen) atoms. The molecule has 0 fully saturated rings. The van der Waals surface area contributed by atoms with Crippen molar-refractivity contribution in [1.82, 2.24) is 9.97 Å². The minimum absolute atomic E-state index is 0.166. The Labute approximate surface area is 83.1 Å². The lowest BCUT2D eigenvalue weighted by molar-refractivity contribution is -0.144. The molecule has 0 unspecified atom stereocenters. The molecule has 2 rings (SSSR count). The van der Waals surface area contributed by atoms with Gasteiger partial charge in [-0.15, -0.1) is 0 Å². The van der Waals surface area contributed by atoms with E-state index in [0.29, 0.717) is 11.1 Å². The third-order valence-electron chi connectivity index (χ3n) is 2.08. The molecule has 0 saturated carbocycles. The van der Waals surface area contributed by atoms with Gasteiger partial charge in [0.15, 0.2) is 0 Å². The van der Waals surface area contributed by atoms with Crippen molar-refractivity contribution in [3.63, 3.8) is 0 Å². The molecular weight excluding hydrogens is 207 g/mol. The number of alkyl halides is 3. The largest absolute Gasteiger partial charge is 0.449 e. The second-order valence-electron chi connectivity index (χ2n) is 3.10. The van der Waals surface area contributed by atoms with Crippen LogP contribution in [-0.2, 0) is 12.7 Å². The number of rotatable bonds is 1. The quantitative estimate of drug-likeness (QED) is 0.764. The number of benzene rings is 1. The van der Waals surface area contributed by atoms with Crippen LogP contribution in [0.15, 0.2) is 18.2 Å². The van der Waals surface area contributed by atoms with E-state index in [1.165, 1.54) is 6.07 Å². The molecular formula is C9H8F3N3. The number of hydrogen-bond acceptors (Lipinski definition) is 2. The van der Waals surface area contributed by atoms with E-state index in [-0.39, 0.29) is 12.1 Å². The fourth-order valence-electron chi connectivity index (χ4n) is 1.39. The number of aromatic amines is 1. The van der Waals surface area contributed by atoms with Crippen molar-refractivity contribution in [1.29, 1.82) is 0 Å². The molecule has 0 radical (unpaired) electrons. The molecule has 0 amide bonds. The first-order chi connectivity index (χ1) is 7.02. The van der Waals surface area contributed by atoms with E-state index in [0.717, 1.165) is 0 Å². The van der Waals surface area contributed by atoms with Gasteiger partial charge in [0.25, 0.3) is 0 Å². The van der Waals surface area contributed by atoms with Gasteiger partial charge in [-0.3, -0.25) is 0 Å². The maximum Gasteiger partial charge on any atom is 0.449 e. The number of aromatic nitrogens is 2. The molecule has 6 heteroatoms. The third kappa shape index (κ3) is 1.68. The Bertz CT molecular complexity index is 487. The van der Waals surface area contributed by atoms with Crippen molar-refractivity contribution in [3.8, 4) is 0 Å². The van der Waals surface area contributed by atoms with Crippen LogP contribution in [0.1, 0.15) is 11.4 Å². The molecule has 0 atom stereocenters. The first-order valence-electron chi connectivity index (χ1n) is 4.27. The Kier molecular flexibility index (Phi) is 2.15. The van der Waals surface area contributed by atoms with Crippen molar-refractivity contribution in [2.24, 2.45) is 5.73 Å². The second-order valence-corrected chi connectivity index (χ2v) is 3.10. The Morgan fingerprint density at radius 2 is 2.07 bits per heavy atom. The lowest BCUT2D eigenvalue weighted by Crippen LogP contribution is -2.07. The van der Waals surface area contributed by atoms with Gasteiger partial charge in [-0.05, 0) is 11.6 Å². The number of para-hydroxylation sites is 1. The molecule has 2 aromatic rings. The van der Waals surface area contributed by atoms with Gasteiger partial charge in [-0.25, -0.2) is 4.98 Å². The minimum Gasteiger partial charge on any atom is -0.334 e. The molecule has 0 aliphatic carbocycles. The molecule has 1 aromatic heterocycles. The molecule has 1 heterocycles. The monoisotopic (exact) mass is 215 g/mol. The summed E-state index contributed by atoms with van der Waals surface area (Å²) >= 11 is 0. The average Bonchev–Trinajstić information content (AvgIpc) is 2.59. The number of hydrogen-bond donors (Lipinski definition) is 2. The Morgan fingerprint density at radius 1 is 1.33 bits per heavy atom. The number of fused-ring (bicyclic) bond motifs is 1. The van der Waals surface area contributed by atoms with Crippen LogP contribution in [-0.4, -0.2) is 9.97 Å². The Morgan fingerprint density at radius 3 is 2.67 bits per heavy atom. The van der Waals surface area contributed by atoms with E-state index < -0.39 is 12.0 Å². The van der Waals surface area contributed by atoms with E-state index in [4.69, 9.17) is 5.73 Å². The first-order valence-corrected chi connectivity index (χ1v) is 4.27. The van der Waals surface area contributed by atoms with E-state index in [2.05, 4.69) is 9.97 Å². The maximum atomic E-state index is 12.3. The SMILES string of the molecule is NCc1cccc2[nH]c(C(F)(F)F)nc12. The highest BCUT2D eigenvalue weighted by atomic mass is 19.4. The number of H-pyrrole nitrogens is 1. The zero-order chi connectivity index (χ0) is 11.1. The molecule has 0 spiro atoms. The zero-order valence-electron chi connectivity index (χ0n) is 7.60. The highest BCUT2D eigenvalue weighted by Gasteiger charge is 2.34. The fraction of sp³-hybridized carbons (Fsp3) is 0.222. The summed E-state index contributed by atoms with van der Waals surface area (Å²) in [6.45, 7) is 0.166. The van der Waals surface area contributed by atoms with Gasteiger partial charge in [0.05, 0.1) is 11.0 Å². The van der Waals surface area contributed by atoms with E-state index in [9.17, 15) is 13.2 Å². The van der Waals surface area contributed by atoms with Crippen molar-refractivity contribution < 1.29 is 13.2 Å². The maximum absolute atomic E-state index is 12.3. The van der Waals surface area contributed by atoms with E-state index in [1.54, 1.807) is 12.1 Å². The van der Waals surface area contributed by atoms with Gasteiger partial charge >= 0.3 is 6.18 Å². The summed E-state index contributed by atoms with van der Waals surface area (Å²) in [5, 5.41) is 0. The molecule has 3 nitrogen and oxygen atoms in total. The molecule has 80 valence electrons. The van der Waals surface area contributed by atoms with Crippen LogP contribution in [0, 0.1) is 0 Å². The highest BCUT2D eigenvalue weighted by molar-refractivity contribution is 5.78. The summed E-state index contributed by atoms with van der Waals surface area (Å²) in [6, 6.07) is 4.84. The summed E-state index contributed by atoms with van der Waals surface area (Å²) in [5.74, 6) is -0.988. The summed E-state index contributed by atoms with van der Waals surface area (Å²) in [5.41, 5.74) is 6.63. The third-order valence-corrected chi connectivity index (χ3v) is 2.08. The summed E-state index contributed by atoms with van der Waals surface area (Å²) in [7, 11) is 0. The van der Waals surface area contributed by atoms with Crippen molar-refractivity contribution in [2.75, 3.05) is 0 Å². The van der Waals surface area contributed by atoms with E-state index >= 15 is 0 Å². The number of nitrogens with zero attached hydrogens (tertiary/aromatic N) is 1. The average molecular weight is 215 g/mol. The van der Waals surface area contributed by atoms with Crippen LogP contribution in [0.5, 0.6) is 0 Å². The van der Waals surface area contributed by atoms with Crippen molar-refractivity contribution in [3.05, 3.63) is 29.6 Å². The summed E-state index contributed by atoms with van der Waals surface area (Å²) < 4.78 is 37.0. The van der Waals surface area contributed by atoms with Gasteiger partial charge in [0.1, 0.15) is 0 Å². The lowest BCUT2D eigenvalue weighted by Gasteiger charge is -1.99. The fourth-order valence-corrected chi connectivity index (χ4v) is 1.39. The van der Waals surface area contributed by atoms with Crippen LogP contribution in [0.25, 0.3) is 11.0 Å². The van der Waals surface area contributed by atoms with Gasteiger partial charge in [0, 0.05) is 6.54 Å². The first kappa shape index (κ1) is 9.97. The summed E-state index contributed by atoms with van der Waals surface area (Å²) in [4.78, 5) is 5.71. The van der Waals surface area contributed by atoms with Gasteiger partial charge in [0.2, 0.25) is 5.82 Å². The van der Waals surface area contributed by atoms with Crippen LogP contribution in [0.4, 0.5) is 13.2 Å². The van der Waals surface area contributed by atoms with Gasteiger partial charge in [-0.2, -0.15) is 13.2 Å². The summed E-state index contributed by atoms with van der Waals surface area (Å²) in [6.07, 6.45) is -4.45.